The Hall–Kier alpha value is -1.36. The molecule has 5 heteroatoms. The lowest BCUT2D eigenvalue weighted by Crippen LogP contribution is -2.33. The maximum atomic E-state index is 9.01. The topological polar surface area (TPSA) is 84.1 Å². The molecule has 4 N–H and O–H groups in total. The van der Waals surface area contributed by atoms with Gasteiger partial charge in [-0.05, 0) is 26.7 Å². The fourth-order valence-electron chi connectivity index (χ4n) is 1.69. The van der Waals surface area contributed by atoms with Crippen molar-refractivity contribution in [3.8, 4) is 0 Å². The normalized spacial score (nSPS) is 11.5. The van der Waals surface area contributed by atoms with Crippen LogP contribution in [0.5, 0.6) is 0 Å². The van der Waals surface area contributed by atoms with Crippen LogP contribution in [0.1, 0.15) is 39.2 Å². The number of hydrogen-bond donors (Lipinski definition) is 3. The van der Waals surface area contributed by atoms with E-state index in [-0.39, 0.29) is 12.1 Å². The summed E-state index contributed by atoms with van der Waals surface area (Å²) in [4.78, 5) is 8.25. The molecule has 17 heavy (non-hydrogen) atoms. The van der Waals surface area contributed by atoms with E-state index in [9.17, 15) is 0 Å². The molecule has 0 saturated heterocycles. The third kappa shape index (κ3) is 3.85. The first-order valence-electron chi connectivity index (χ1n) is 5.98. The number of hydrogen-bond acceptors (Lipinski definition) is 5. The molecule has 1 rings (SSSR count). The highest BCUT2D eigenvalue weighted by Gasteiger charge is 2.19. The maximum Gasteiger partial charge on any atom is 0.135 e. The Morgan fingerprint density at radius 3 is 2.71 bits per heavy atom. The van der Waals surface area contributed by atoms with Gasteiger partial charge in [0.05, 0.1) is 0 Å². The average molecular weight is 238 g/mol. The van der Waals surface area contributed by atoms with Gasteiger partial charge < -0.3 is 16.2 Å². The maximum absolute atomic E-state index is 9.01. The summed E-state index contributed by atoms with van der Waals surface area (Å²) in [5, 5.41) is 12.3. The summed E-state index contributed by atoms with van der Waals surface area (Å²) in [6.45, 7) is 6.28. The molecule has 0 radical (unpaired) electrons. The molecule has 1 heterocycles. The fourth-order valence-corrected chi connectivity index (χ4v) is 1.69. The molecule has 0 atom stereocenters. The van der Waals surface area contributed by atoms with Crippen LogP contribution in [-0.4, -0.2) is 27.2 Å². The van der Waals surface area contributed by atoms with Gasteiger partial charge in [-0.25, -0.2) is 9.97 Å². The molecule has 96 valence electrons. The first-order valence-corrected chi connectivity index (χ1v) is 5.98. The average Bonchev–Trinajstić information content (AvgIpc) is 2.22. The van der Waals surface area contributed by atoms with Crippen LogP contribution >= 0.6 is 0 Å². The van der Waals surface area contributed by atoms with Crippen LogP contribution in [0.2, 0.25) is 0 Å². The summed E-state index contributed by atoms with van der Waals surface area (Å²) in [6, 6.07) is 0. The Balaban J connectivity index is 2.93. The van der Waals surface area contributed by atoms with Crippen molar-refractivity contribution in [1.82, 2.24) is 9.97 Å². The summed E-state index contributed by atoms with van der Waals surface area (Å²) in [5.74, 6) is 1.31. The van der Waals surface area contributed by atoms with E-state index in [1.165, 1.54) is 6.33 Å². The SMILES string of the molecule is CCCc1c(N)ncnc1NC(C)(C)CCO. The Labute approximate surface area is 102 Å². The third-order valence-corrected chi connectivity index (χ3v) is 2.67. The summed E-state index contributed by atoms with van der Waals surface area (Å²) in [6.07, 6.45) is 3.96. The smallest absolute Gasteiger partial charge is 0.135 e. The molecule has 0 aliphatic carbocycles. The van der Waals surface area contributed by atoms with Crippen molar-refractivity contribution >= 4 is 11.6 Å². The number of rotatable bonds is 6. The van der Waals surface area contributed by atoms with Crippen molar-refractivity contribution in [3.63, 3.8) is 0 Å². The van der Waals surface area contributed by atoms with E-state index in [1.807, 2.05) is 13.8 Å². The van der Waals surface area contributed by atoms with Crippen molar-refractivity contribution < 1.29 is 5.11 Å². The van der Waals surface area contributed by atoms with Gasteiger partial charge in [-0.3, -0.25) is 0 Å². The Morgan fingerprint density at radius 2 is 2.12 bits per heavy atom. The molecule has 0 aliphatic rings. The second kappa shape index (κ2) is 5.82. The van der Waals surface area contributed by atoms with Gasteiger partial charge in [-0.15, -0.1) is 0 Å². The van der Waals surface area contributed by atoms with Gasteiger partial charge in [-0.1, -0.05) is 13.3 Å². The van der Waals surface area contributed by atoms with Crippen LogP contribution in [-0.2, 0) is 6.42 Å². The summed E-state index contributed by atoms with van der Waals surface area (Å²) in [5.41, 5.74) is 6.61. The van der Waals surface area contributed by atoms with E-state index in [2.05, 4.69) is 22.2 Å². The molecule has 5 nitrogen and oxygen atoms in total. The number of aliphatic hydroxyl groups is 1. The molecule has 1 aromatic rings. The van der Waals surface area contributed by atoms with Crippen LogP contribution in [0.15, 0.2) is 6.33 Å². The second-order valence-electron chi connectivity index (χ2n) is 4.82. The lowest BCUT2D eigenvalue weighted by molar-refractivity contribution is 0.260. The van der Waals surface area contributed by atoms with Crippen LogP contribution in [0.3, 0.4) is 0 Å². The van der Waals surface area contributed by atoms with Crippen molar-refractivity contribution in [1.29, 1.82) is 0 Å². The number of nitrogens with two attached hydrogens (primary N) is 1. The van der Waals surface area contributed by atoms with E-state index >= 15 is 0 Å². The number of aromatic nitrogens is 2. The van der Waals surface area contributed by atoms with Crippen molar-refractivity contribution in [2.75, 3.05) is 17.7 Å². The van der Waals surface area contributed by atoms with Gasteiger partial charge in [0.15, 0.2) is 0 Å². The predicted octanol–water partition coefficient (Wildman–Crippen LogP) is 1.58. The van der Waals surface area contributed by atoms with Gasteiger partial charge in [0, 0.05) is 17.7 Å². The molecule has 0 saturated carbocycles. The van der Waals surface area contributed by atoms with E-state index < -0.39 is 0 Å². The van der Waals surface area contributed by atoms with Gasteiger partial charge in [0.1, 0.15) is 18.0 Å². The first-order chi connectivity index (χ1) is 8.00. The Morgan fingerprint density at radius 1 is 1.41 bits per heavy atom. The molecular formula is C12H22N4O. The Kier molecular flexibility index (Phi) is 4.69. The molecule has 0 unspecified atom stereocenters. The molecule has 0 fully saturated rings. The minimum Gasteiger partial charge on any atom is -0.396 e. The summed E-state index contributed by atoms with van der Waals surface area (Å²) < 4.78 is 0. The number of anilines is 2. The fraction of sp³-hybridized carbons (Fsp3) is 0.667. The largest absolute Gasteiger partial charge is 0.396 e. The third-order valence-electron chi connectivity index (χ3n) is 2.67. The lowest BCUT2D eigenvalue weighted by Gasteiger charge is -2.27. The Bertz CT molecular complexity index is 366. The molecule has 0 bridgehead atoms. The second-order valence-corrected chi connectivity index (χ2v) is 4.82. The monoisotopic (exact) mass is 238 g/mol. The zero-order valence-corrected chi connectivity index (χ0v) is 10.8. The summed E-state index contributed by atoms with van der Waals surface area (Å²) >= 11 is 0. The highest BCUT2D eigenvalue weighted by atomic mass is 16.3. The quantitative estimate of drug-likeness (QED) is 0.701. The van der Waals surface area contributed by atoms with Crippen LogP contribution in [0, 0.1) is 0 Å². The first kappa shape index (κ1) is 13.7. The van der Waals surface area contributed by atoms with Crippen molar-refractivity contribution in [2.24, 2.45) is 0 Å². The molecule has 0 amide bonds. The molecular weight excluding hydrogens is 216 g/mol. The predicted molar refractivity (Wildman–Crippen MR) is 69.8 cm³/mol. The molecule has 1 aromatic heterocycles. The van der Waals surface area contributed by atoms with Crippen LogP contribution < -0.4 is 11.1 Å². The minimum absolute atomic E-state index is 0.143. The highest BCUT2D eigenvalue weighted by molar-refractivity contribution is 5.56. The zero-order chi connectivity index (χ0) is 12.9. The van der Waals surface area contributed by atoms with Crippen molar-refractivity contribution in [3.05, 3.63) is 11.9 Å². The number of nitrogens with one attached hydrogen (secondary N) is 1. The van der Waals surface area contributed by atoms with E-state index in [1.54, 1.807) is 0 Å². The standard InChI is InChI=1S/C12H22N4O/c1-4-5-9-10(13)14-8-15-11(9)16-12(2,3)6-7-17/h8,17H,4-7H2,1-3H3,(H3,13,14,15,16). The number of nitrogen functional groups attached to an aromatic ring is 1. The van der Waals surface area contributed by atoms with Crippen LogP contribution in [0.25, 0.3) is 0 Å². The van der Waals surface area contributed by atoms with Gasteiger partial charge in [0.2, 0.25) is 0 Å². The zero-order valence-electron chi connectivity index (χ0n) is 10.8. The van der Waals surface area contributed by atoms with Crippen LogP contribution in [0.4, 0.5) is 11.6 Å². The lowest BCUT2D eigenvalue weighted by atomic mass is 10.0. The van der Waals surface area contributed by atoms with E-state index in [0.29, 0.717) is 12.2 Å². The number of aliphatic hydroxyl groups excluding tert-OH is 1. The molecule has 0 spiro atoms. The van der Waals surface area contributed by atoms with Gasteiger partial charge >= 0.3 is 0 Å². The highest BCUT2D eigenvalue weighted by Crippen LogP contribution is 2.23. The van der Waals surface area contributed by atoms with Gasteiger partial charge in [0.25, 0.3) is 0 Å². The van der Waals surface area contributed by atoms with Crippen molar-refractivity contribution in [2.45, 2.75) is 45.6 Å². The molecule has 0 aliphatic heterocycles. The molecule has 0 aromatic carbocycles. The van der Waals surface area contributed by atoms with E-state index in [4.69, 9.17) is 10.8 Å². The van der Waals surface area contributed by atoms with Gasteiger partial charge in [-0.2, -0.15) is 0 Å². The summed E-state index contributed by atoms with van der Waals surface area (Å²) in [7, 11) is 0. The number of nitrogens with zero attached hydrogens (tertiary/aromatic N) is 2. The minimum atomic E-state index is -0.210. The van der Waals surface area contributed by atoms with E-state index in [0.717, 1.165) is 24.2 Å².